The number of hydrogen-bond donors (Lipinski definition) is 0. The SMILES string of the molecule is CCOc1ccccc1OC(=O)c1ccc(F)c(S(=O)(=O)N2CCCCC2)c1. The van der Waals surface area contributed by atoms with Crippen LogP contribution < -0.4 is 9.47 Å². The summed E-state index contributed by atoms with van der Waals surface area (Å²) in [7, 11) is -4.01. The highest BCUT2D eigenvalue weighted by Crippen LogP contribution is 2.28. The zero-order valence-corrected chi connectivity index (χ0v) is 16.4. The maximum atomic E-state index is 14.3. The smallest absolute Gasteiger partial charge is 0.343 e. The second-order valence-electron chi connectivity index (χ2n) is 6.38. The van der Waals surface area contributed by atoms with Crippen molar-refractivity contribution in [2.75, 3.05) is 19.7 Å². The average Bonchev–Trinajstić information content (AvgIpc) is 2.70. The van der Waals surface area contributed by atoms with Crippen molar-refractivity contribution in [2.24, 2.45) is 0 Å². The molecule has 0 atom stereocenters. The molecule has 1 aliphatic heterocycles. The number of rotatable bonds is 6. The minimum atomic E-state index is -4.01. The van der Waals surface area contributed by atoms with Gasteiger partial charge in [-0.25, -0.2) is 17.6 Å². The number of hydrogen-bond acceptors (Lipinski definition) is 5. The van der Waals surface area contributed by atoms with E-state index in [-0.39, 0.29) is 11.3 Å². The first-order valence-corrected chi connectivity index (χ1v) is 10.6. The van der Waals surface area contributed by atoms with Crippen molar-refractivity contribution in [3.63, 3.8) is 0 Å². The first kappa shape index (κ1) is 20.3. The predicted octanol–water partition coefficient (Wildman–Crippen LogP) is 3.62. The molecule has 1 saturated heterocycles. The van der Waals surface area contributed by atoms with E-state index in [2.05, 4.69) is 0 Å². The zero-order chi connectivity index (χ0) is 20.1. The van der Waals surface area contributed by atoms with Crippen LogP contribution in [0.25, 0.3) is 0 Å². The van der Waals surface area contributed by atoms with E-state index >= 15 is 0 Å². The van der Waals surface area contributed by atoms with Gasteiger partial charge >= 0.3 is 5.97 Å². The molecule has 1 aliphatic rings. The molecule has 6 nitrogen and oxygen atoms in total. The third kappa shape index (κ3) is 4.34. The molecule has 8 heteroatoms. The van der Waals surface area contributed by atoms with Crippen LogP contribution in [0.15, 0.2) is 47.4 Å². The number of benzene rings is 2. The van der Waals surface area contributed by atoms with Gasteiger partial charge in [0.2, 0.25) is 10.0 Å². The number of halogens is 1. The number of carbonyl (C=O) groups excluding carboxylic acids is 1. The number of piperidine rings is 1. The Balaban J connectivity index is 1.88. The molecule has 0 N–H and O–H groups in total. The highest BCUT2D eigenvalue weighted by Gasteiger charge is 2.29. The number of esters is 1. The van der Waals surface area contributed by atoms with E-state index in [0.717, 1.165) is 31.4 Å². The molecule has 3 rings (SSSR count). The fourth-order valence-corrected chi connectivity index (χ4v) is 4.65. The Morgan fingerprint density at radius 2 is 1.75 bits per heavy atom. The standard InChI is InChI=1S/C20H22FNO5S/c1-2-26-17-8-4-5-9-18(17)27-20(23)15-10-11-16(21)19(14-15)28(24,25)22-12-6-3-7-13-22/h4-5,8-11,14H,2-3,6-7,12-13H2,1H3. The number of sulfonamides is 1. The Morgan fingerprint density at radius 1 is 1.07 bits per heavy atom. The van der Waals surface area contributed by atoms with Crippen LogP contribution in [0.2, 0.25) is 0 Å². The van der Waals surface area contributed by atoms with Crippen molar-refractivity contribution in [3.8, 4) is 11.5 Å². The van der Waals surface area contributed by atoms with Gasteiger partial charge < -0.3 is 9.47 Å². The molecule has 1 heterocycles. The van der Waals surface area contributed by atoms with Gasteiger partial charge in [-0.05, 0) is 50.1 Å². The highest BCUT2D eigenvalue weighted by atomic mass is 32.2. The van der Waals surface area contributed by atoms with Crippen molar-refractivity contribution in [3.05, 3.63) is 53.8 Å². The summed E-state index contributed by atoms with van der Waals surface area (Å²) < 4.78 is 51.9. The first-order valence-electron chi connectivity index (χ1n) is 9.17. The van der Waals surface area contributed by atoms with Crippen LogP contribution in [0, 0.1) is 5.82 Å². The minimum absolute atomic E-state index is 0.0525. The van der Waals surface area contributed by atoms with Gasteiger partial charge in [0.25, 0.3) is 0 Å². The van der Waals surface area contributed by atoms with Crippen LogP contribution in [-0.4, -0.2) is 38.4 Å². The van der Waals surface area contributed by atoms with E-state index in [1.165, 1.54) is 10.4 Å². The minimum Gasteiger partial charge on any atom is -0.490 e. The summed E-state index contributed by atoms with van der Waals surface area (Å²) in [5, 5.41) is 0. The lowest BCUT2D eigenvalue weighted by Gasteiger charge is -2.26. The second-order valence-corrected chi connectivity index (χ2v) is 8.29. The van der Waals surface area contributed by atoms with E-state index < -0.39 is 26.7 Å². The van der Waals surface area contributed by atoms with E-state index in [1.807, 2.05) is 0 Å². The van der Waals surface area contributed by atoms with Crippen molar-refractivity contribution < 1.29 is 27.1 Å². The van der Waals surface area contributed by atoms with Crippen molar-refractivity contribution in [1.82, 2.24) is 4.31 Å². The first-order chi connectivity index (χ1) is 13.4. The van der Waals surface area contributed by atoms with Gasteiger partial charge in [-0.15, -0.1) is 0 Å². The lowest BCUT2D eigenvalue weighted by molar-refractivity contribution is 0.0728. The molecular weight excluding hydrogens is 385 g/mol. The lowest BCUT2D eigenvalue weighted by atomic mass is 10.2. The molecule has 2 aromatic rings. The number of carbonyl (C=O) groups is 1. The maximum Gasteiger partial charge on any atom is 0.343 e. The number of para-hydroxylation sites is 2. The predicted molar refractivity (Wildman–Crippen MR) is 102 cm³/mol. The summed E-state index contributed by atoms with van der Waals surface area (Å²) in [6.07, 6.45) is 2.41. The van der Waals surface area contributed by atoms with Gasteiger partial charge in [-0.3, -0.25) is 0 Å². The van der Waals surface area contributed by atoms with Gasteiger partial charge in [0.15, 0.2) is 11.5 Å². The van der Waals surface area contributed by atoms with Crippen LogP contribution in [0.5, 0.6) is 11.5 Å². The molecule has 0 radical (unpaired) electrons. The van der Waals surface area contributed by atoms with Crippen LogP contribution in [0.4, 0.5) is 4.39 Å². The van der Waals surface area contributed by atoms with Gasteiger partial charge in [0, 0.05) is 13.1 Å². The Kier molecular flexibility index (Phi) is 6.31. The molecule has 0 aromatic heterocycles. The molecule has 0 amide bonds. The molecule has 0 saturated carbocycles. The van der Waals surface area contributed by atoms with Gasteiger partial charge in [0.05, 0.1) is 12.2 Å². The molecule has 150 valence electrons. The molecule has 28 heavy (non-hydrogen) atoms. The quantitative estimate of drug-likeness (QED) is 0.540. The fraction of sp³-hybridized carbons (Fsp3) is 0.350. The topological polar surface area (TPSA) is 72.9 Å². The molecule has 2 aromatic carbocycles. The third-order valence-corrected chi connectivity index (χ3v) is 6.37. The molecule has 0 aliphatic carbocycles. The van der Waals surface area contributed by atoms with Crippen LogP contribution in [-0.2, 0) is 10.0 Å². The Morgan fingerprint density at radius 3 is 2.43 bits per heavy atom. The van der Waals surface area contributed by atoms with E-state index in [0.29, 0.717) is 25.4 Å². The summed E-state index contributed by atoms with van der Waals surface area (Å²) in [5.41, 5.74) is -0.0525. The largest absolute Gasteiger partial charge is 0.490 e. The molecule has 0 unspecified atom stereocenters. The van der Waals surface area contributed by atoms with Crippen molar-refractivity contribution >= 4 is 16.0 Å². The molecule has 0 bridgehead atoms. The summed E-state index contributed by atoms with van der Waals surface area (Å²) in [5.74, 6) is -1.08. The van der Waals surface area contributed by atoms with Crippen molar-refractivity contribution in [2.45, 2.75) is 31.1 Å². The van der Waals surface area contributed by atoms with E-state index in [1.54, 1.807) is 31.2 Å². The summed E-state index contributed by atoms with van der Waals surface area (Å²) in [4.78, 5) is 12.0. The zero-order valence-electron chi connectivity index (χ0n) is 15.6. The Bertz CT molecular complexity index is 955. The number of nitrogens with zero attached hydrogens (tertiary/aromatic N) is 1. The summed E-state index contributed by atoms with van der Waals surface area (Å²) in [6.45, 7) is 2.88. The normalized spacial score (nSPS) is 15.2. The highest BCUT2D eigenvalue weighted by molar-refractivity contribution is 7.89. The van der Waals surface area contributed by atoms with E-state index in [9.17, 15) is 17.6 Å². The Labute approximate surface area is 163 Å². The van der Waals surface area contributed by atoms with Crippen molar-refractivity contribution in [1.29, 1.82) is 0 Å². The third-order valence-electron chi connectivity index (χ3n) is 4.45. The van der Waals surface area contributed by atoms with Crippen LogP contribution >= 0.6 is 0 Å². The maximum absolute atomic E-state index is 14.3. The summed E-state index contributed by atoms with van der Waals surface area (Å²) >= 11 is 0. The fourth-order valence-electron chi connectivity index (χ4n) is 3.04. The molecular formula is C20H22FNO5S. The van der Waals surface area contributed by atoms with Gasteiger partial charge in [-0.2, -0.15) is 4.31 Å². The van der Waals surface area contributed by atoms with Crippen LogP contribution in [0.3, 0.4) is 0 Å². The summed E-state index contributed by atoms with van der Waals surface area (Å²) in [6, 6.07) is 9.86. The van der Waals surface area contributed by atoms with Gasteiger partial charge in [0.1, 0.15) is 10.7 Å². The van der Waals surface area contributed by atoms with Gasteiger partial charge in [-0.1, -0.05) is 18.6 Å². The van der Waals surface area contributed by atoms with E-state index in [4.69, 9.17) is 9.47 Å². The average molecular weight is 407 g/mol. The monoisotopic (exact) mass is 407 g/mol. The second kappa shape index (κ2) is 8.70. The van der Waals surface area contributed by atoms with Crippen LogP contribution in [0.1, 0.15) is 36.5 Å². The lowest BCUT2D eigenvalue weighted by Crippen LogP contribution is -2.36. The molecule has 1 fully saturated rings. The number of ether oxygens (including phenoxy) is 2. The Hall–Kier alpha value is -2.45. The molecule has 0 spiro atoms.